The van der Waals surface area contributed by atoms with Gasteiger partial charge in [0.25, 0.3) is 5.56 Å². The summed E-state index contributed by atoms with van der Waals surface area (Å²) < 4.78 is 1.72. The van der Waals surface area contributed by atoms with E-state index in [1.54, 1.807) is 16.7 Å². The molecule has 2 N–H and O–H groups in total. The van der Waals surface area contributed by atoms with Gasteiger partial charge in [0.05, 0.1) is 0 Å². The van der Waals surface area contributed by atoms with E-state index < -0.39 is 0 Å². The molecule has 3 nitrogen and oxygen atoms in total. The fraction of sp³-hybridized carbons (Fsp3) is 0.250. The summed E-state index contributed by atoms with van der Waals surface area (Å²) in [7, 11) is 0. The minimum atomic E-state index is 0.0440. The van der Waals surface area contributed by atoms with Crippen LogP contribution in [0.15, 0.2) is 35.3 Å². The molecule has 1 aromatic carbocycles. The summed E-state index contributed by atoms with van der Waals surface area (Å²) >= 11 is 0. The summed E-state index contributed by atoms with van der Waals surface area (Å²) in [6, 6.07) is 7.47. The molecular weight excluding hydrogens is 188 g/mol. The summed E-state index contributed by atoms with van der Waals surface area (Å²) in [5, 5.41) is 1.62. The lowest BCUT2D eigenvalue weighted by Crippen LogP contribution is -2.21. The van der Waals surface area contributed by atoms with Crippen molar-refractivity contribution in [2.24, 2.45) is 0 Å². The van der Waals surface area contributed by atoms with Crippen LogP contribution in [0, 0.1) is 0 Å². The SMILES string of the molecule is CC(C)n1ccc2cc(N)ccc2c1=O. The Hall–Kier alpha value is -1.77. The van der Waals surface area contributed by atoms with Crippen molar-refractivity contribution in [3.8, 4) is 0 Å². The third kappa shape index (κ3) is 1.61. The van der Waals surface area contributed by atoms with Gasteiger partial charge in [0.2, 0.25) is 0 Å². The van der Waals surface area contributed by atoms with E-state index >= 15 is 0 Å². The molecular formula is C12H14N2O. The first-order valence-corrected chi connectivity index (χ1v) is 5.00. The van der Waals surface area contributed by atoms with Crippen LogP contribution >= 0.6 is 0 Å². The Kier molecular flexibility index (Phi) is 2.23. The minimum Gasteiger partial charge on any atom is -0.399 e. The van der Waals surface area contributed by atoms with Crippen molar-refractivity contribution in [2.45, 2.75) is 19.9 Å². The molecule has 0 aliphatic carbocycles. The summed E-state index contributed by atoms with van der Waals surface area (Å²) in [5.41, 5.74) is 6.39. The van der Waals surface area contributed by atoms with Gasteiger partial charge in [0.1, 0.15) is 0 Å². The van der Waals surface area contributed by atoms with E-state index in [-0.39, 0.29) is 11.6 Å². The molecule has 1 heterocycles. The largest absolute Gasteiger partial charge is 0.399 e. The molecule has 0 amide bonds. The molecule has 0 atom stereocenters. The van der Waals surface area contributed by atoms with E-state index in [2.05, 4.69) is 0 Å². The zero-order chi connectivity index (χ0) is 11.0. The second kappa shape index (κ2) is 3.42. The number of benzene rings is 1. The number of hydrogen-bond donors (Lipinski definition) is 1. The van der Waals surface area contributed by atoms with Gasteiger partial charge in [-0.3, -0.25) is 4.79 Å². The first-order chi connectivity index (χ1) is 7.09. The fourth-order valence-electron chi connectivity index (χ4n) is 1.69. The predicted molar refractivity (Wildman–Crippen MR) is 63.0 cm³/mol. The molecule has 0 aliphatic heterocycles. The molecule has 0 saturated heterocycles. The van der Waals surface area contributed by atoms with Crippen molar-refractivity contribution in [1.82, 2.24) is 4.57 Å². The number of nitrogens with two attached hydrogens (primary N) is 1. The Morgan fingerprint density at radius 3 is 2.67 bits per heavy atom. The Bertz CT molecular complexity index is 555. The van der Waals surface area contributed by atoms with Crippen LogP contribution in [0.3, 0.4) is 0 Å². The number of fused-ring (bicyclic) bond motifs is 1. The maximum atomic E-state index is 12.0. The van der Waals surface area contributed by atoms with Gasteiger partial charge in [-0.15, -0.1) is 0 Å². The number of aromatic nitrogens is 1. The van der Waals surface area contributed by atoms with Crippen molar-refractivity contribution in [3.05, 3.63) is 40.8 Å². The third-order valence-corrected chi connectivity index (χ3v) is 2.51. The second-order valence-corrected chi connectivity index (χ2v) is 3.97. The standard InChI is InChI=1S/C12H14N2O/c1-8(2)14-6-5-9-7-10(13)3-4-11(9)12(14)15/h3-8H,13H2,1-2H3. The highest BCUT2D eigenvalue weighted by Crippen LogP contribution is 2.14. The van der Waals surface area contributed by atoms with Crippen LogP contribution in [0.5, 0.6) is 0 Å². The number of nitrogen functional groups attached to an aromatic ring is 1. The maximum Gasteiger partial charge on any atom is 0.258 e. The van der Waals surface area contributed by atoms with Gasteiger partial charge in [-0.2, -0.15) is 0 Å². The highest BCUT2D eigenvalue weighted by Gasteiger charge is 2.04. The fourth-order valence-corrected chi connectivity index (χ4v) is 1.69. The van der Waals surface area contributed by atoms with Gasteiger partial charge in [-0.1, -0.05) is 0 Å². The molecule has 0 aliphatic rings. The average molecular weight is 202 g/mol. The molecule has 78 valence electrons. The number of pyridine rings is 1. The van der Waals surface area contributed by atoms with Crippen molar-refractivity contribution in [3.63, 3.8) is 0 Å². The number of hydrogen-bond acceptors (Lipinski definition) is 2. The first kappa shape index (κ1) is 9.77. The van der Waals surface area contributed by atoms with Gasteiger partial charge >= 0.3 is 0 Å². The smallest absolute Gasteiger partial charge is 0.258 e. The monoisotopic (exact) mass is 202 g/mol. The number of rotatable bonds is 1. The Morgan fingerprint density at radius 1 is 1.27 bits per heavy atom. The molecule has 3 heteroatoms. The Balaban J connectivity index is 2.80. The summed E-state index contributed by atoms with van der Waals surface area (Å²) in [6.45, 7) is 3.98. The highest BCUT2D eigenvalue weighted by atomic mass is 16.1. The Morgan fingerprint density at radius 2 is 2.00 bits per heavy atom. The highest BCUT2D eigenvalue weighted by molar-refractivity contribution is 5.84. The van der Waals surface area contributed by atoms with Gasteiger partial charge in [-0.25, -0.2) is 0 Å². The van der Waals surface area contributed by atoms with E-state index in [9.17, 15) is 4.79 Å². The average Bonchev–Trinajstić information content (AvgIpc) is 2.17. The van der Waals surface area contributed by atoms with Crippen molar-refractivity contribution in [1.29, 1.82) is 0 Å². The van der Waals surface area contributed by atoms with Crippen molar-refractivity contribution in [2.75, 3.05) is 5.73 Å². The van der Waals surface area contributed by atoms with Crippen LogP contribution in [0.25, 0.3) is 10.8 Å². The summed E-state index contributed by atoms with van der Waals surface area (Å²) in [4.78, 5) is 12.0. The van der Waals surface area contributed by atoms with E-state index in [1.165, 1.54) is 0 Å². The molecule has 0 spiro atoms. The molecule has 15 heavy (non-hydrogen) atoms. The van der Waals surface area contributed by atoms with Crippen LogP contribution in [0.2, 0.25) is 0 Å². The van der Waals surface area contributed by atoms with Crippen LogP contribution in [0.1, 0.15) is 19.9 Å². The van der Waals surface area contributed by atoms with Crippen LogP contribution in [0.4, 0.5) is 5.69 Å². The van der Waals surface area contributed by atoms with Gasteiger partial charge in [0, 0.05) is 23.3 Å². The first-order valence-electron chi connectivity index (χ1n) is 5.00. The quantitative estimate of drug-likeness (QED) is 0.720. The molecule has 2 rings (SSSR count). The zero-order valence-electron chi connectivity index (χ0n) is 8.90. The van der Waals surface area contributed by atoms with Crippen LogP contribution in [-0.4, -0.2) is 4.57 Å². The lowest BCUT2D eigenvalue weighted by molar-refractivity contribution is 0.583. The molecule has 0 saturated carbocycles. The number of nitrogens with zero attached hydrogens (tertiary/aromatic N) is 1. The van der Waals surface area contributed by atoms with E-state index in [0.29, 0.717) is 5.69 Å². The topological polar surface area (TPSA) is 48.0 Å². The molecule has 0 bridgehead atoms. The molecule has 0 radical (unpaired) electrons. The van der Waals surface area contributed by atoms with Crippen LogP contribution < -0.4 is 11.3 Å². The lowest BCUT2D eigenvalue weighted by atomic mass is 10.1. The third-order valence-electron chi connectivity index (χ3n) is 2.51. The van der Waals surface area contributed by atoms with E-state index in [1.807, 2.05) is 32.2 Å². The summed E-state index contributed by atoms with van der Waals surface area (Å²) in [5.74, 6) is 0. The van der Waals surface area contributed by atoms with Gasteiger partial charge in [-0.05, 0) is 43.5 Å². The predicted octanol–water partition coefficient (Wildman–Crippen LogP) is 2.16. The van der Waals surface area contributed by atoms with Gasteiger partial charge < -0.3 is 10.3 Å². The summed E-state index contributed by atoms with van der Waals surface area (Å²) in [6.07, 6.45) is 1.81. The number of anilines is 1. The van der Waals surface area contributed by atoms with E-state index in [4.69, 9.17) is 5.73 Å². The normalized spacial score (nSPS) is 11.1. The molecule has 1 aromatic heterocycles. The van der Waals surface area contributed by atoms with E-state index in [0.717, 1.165) is 10.8 Å². The molecule has 0 unspecified atom stereocenters. The molecule has 2 aromatic rings. The van der Waals surface area contributed by atoms with Crippen molar-refractivity contribution < 1.29 is 0 Å². The van der Waals surface area contributed by atoms with Crippen molar-refractivity contribution >= 4 is 16.5 Å². The second-order valence-electron chi connectivity index (χ2n) is 3.97. The lowest BCUT2D eigenvalue weighted by Gasteiger charge is -2.10. The maximum absolute atomic E-state index is 12.0. The molecule has 0 fully saturated rings. The Labute approximate surface area is 88.1 Å². The zero-order valence-corrected chi connectivity index (χ0v) is 8.90. The van der Waals surface area contributed by atoms with Gasteiger partial charge in [0.15, 0.2) is 0 Å². The minimum absolute atomic E-state index is 0.0440. The van der Waals surface area contributed by atoms with Crippen LogP contribution in [-0.2, 0) is 0 Å².